The molecule has 0 aliphatic rings. The van der Waals surface area contributed by atoms with Gasteiger partial charge in [0, 0.05) is 27.5 Å². The minimum absolute atomic E-state index is 0.0784. The second-order valence-electron chi connectivity index (χ2n) is 7.70. The summed E-state index contributed by atoms with van der Waals surface area (Å²) in [6, 6.07) is 19.5. The number of halogens is 1. The van der Waals surface area contributed by atoms with E-state index >= 15 is 0 Å². The summed E-state index contributed by atoms with van der Waals surface area (Å²) >= 11 is 9.21. The highest BCUT2D eigenvalue weighted by Crippen LogP contribution is 2.40. The molecule has 0 atom stereocenters. The Balaban J connectivity index is 1.71. The molecule has 0 unspecified atom stereocenters. The van der Waals surface area contributed by atoms with E-state index in [9.17, 15) is 4.79 Å². The van der Waals surface area contributed by atoms with Crippen molar-refractivity contribution in [2.24, 2.45) is 0 Å². The first-order valence-corrected chi connectivity index (χ1v) is 12.5. The Kier molecular flexibility index (Phi) is 6.99. The molecule has 2 aromatic heterocycles. The van der Waals surface area contributed by atoms with E-state index in [1.165, 1.54) is 16.9 Å². The number of anilines is 1. The molecule has 4 rings (SSSR count). The van der Waals surface area contributed by atoms with E-state index in [1.807, 2.05) is 6.07 Å². The van der Waals surface area contributed by atoms with Gasteiger partial charge >= 0.3 is 0 Å². The molecule has 0 aliphatic carbocycles. The summed E-state index contributed by atoms with van der Waals surface area (Å²) in [4.78, 5) is 13.8. The number of thiophene rings is 1. The largest absolute Gasteiger partial charge is 0.392 e. The van der Waals surface area contributed by atoms with Crippen molar-refractivity contribution >= 4 is 46.2 Å². The van der Waals surface area contributed by atoms with Crippen LogP contribution in [-0.2, 0) is 6.42 Å². The van der Waals surface area contributed by atoms with Crippen molar-refractivity contribution in [2.75, 3.05) is 11.5 Å². The van der Waals surface area contributed by atoms with Gasteiger partial charge in [-0.1, -0.05) is 41.9 Å². The van der Waals surface area contributed by atoms with Crippen LogP contribution < -0.4 is 10.3 Å². The number of ketones is 1. The average molecular weight is 480 g/mol. The van der Waals surface area contributed by atoms with Crippen molar-refractivity contribution in [1.82, 2.24) is 0 Å². The van der Waals surface area contributed by atoms with Crippen molar-refractivity contribution in [1.29, 1.82) is 0 Å². The third-order valence-corrected chi connectivity index (χ3v) is 7.77. The number of nitrogen functional groups attached to an aromatic ring is 1. The van der Waals surface area contributed by atoms with Crippen molar-refractivity contribution in [2.45, 2.75) is 24.5 Å². The number of pyridine rings is 1. The van der Waals surface area contributed by atoms with E-state index in [4.69, 9.17) is 17.3 Å². The highest BCUT2D eigenvalue weighted by Gasteiger charge is 2.28. The summed E-state index contributed by atoms with van der Waals surface area (Å²) in [5.41, 5.74) is 12.2. The summed E-state index contributed by atoms with van der Waals surface area (Å²) in [6.07, 6.45) is 5.06. The number of carbonyl (C=O) groups excluding carboxylic acids is 1. The third-order valence-electron chi connectivity index (χ3n) is 5.07. The number of hydrogen-bond acceptors (Lipinski definition) is 4. The first-order chi connectivity index (χ1) is 15.4. The molecule has 2 N–H and O–H groups in total. The monoisotopic (exact) mass is 479 g/mol. The van der Waals surface area contributed by atoms with Crippen LogP contribution in [0.4, 0.5) is 5.69 Å². The second-order valence-corrected chi connectivity index (χ2v) is 10.5. The molecule has 0 aliphatic heterocycles. The fraction of sp³-hybridized carbons (Fsp3) is 0.154. The number of carbonyl (C=O) groups is 1. The van der Waals surface area contributed by atoms with Crippen LogP contribution in [0, 0.1) is 13.8 Å². The van der Waals surface area contributed by atoms with Gasteiger partial charge in [0.1, 0.15) is 14.8 Å². The molecular weight excluding hydrogens is 456 g/mol. The highest BCUT2D eigenvalue weighted by atomic mass is 35.5. The van der Waals surface area contributed by atoms with Gasteiger partial charge in [0.05, 0.1) is 0 Å². The van der Waals surface area contributed by atoms with E-state index < -0.39 is 0 Å². The van der Waals surface area contributed by atoms with Gasteiger partial charge in [-0.05, 0) is 56.2 Å². The fourth-order valence-corrected chi connectivity index (χ4v) is 6.25. The Labute approximate surface area is 201 Å². The molecule has 0 saturated heterocycles. The molecule has 0 radical (unpaired) electrons. The lowest BCUT2D eigenvalue weighted by Gasteiger charge is -2.03. The summed E-state index contributed by atoms with van der Waals surface area (Å²) in [7, 11) is 0. The Morgan fingerprint density at radius 3 is 2.34 bits per heavy atom. The Morgan fingerprint density at radius 1 is 1.03 bits per heavy atom. The van der Waals surface area contributed by atoms with Crippen LogP contribution in [0.25, 0.3) is 5.69 Å². The average Bonchev–Trinajstić information content (AvgIpc) is 3.10. The molecule has 0 fully saturated rings. The van der Waals surface area contributed by atoms with Crippen LogP contribution >= 0.6 is 34.7 Å². The Hall–Kier alpha value is -2.60. The zero-order valence-electron chi connectivity index (χ0n) is 18.0. The molecule has 0 spiro atoms. The zero-order valence-corrected chi connectivity index (χ0v) is 20.4. The van der Waals surface area contributed by atoms with E-state index in [0.717, 1.165) is 33.2 Å². The summed E-state index contributed by atoms with van der Waals surface area (Å²) in [5.74, 6) is 0.821. The standard InChI is InChI=1S/C26H23ClN2OS2/c1-17-14-18(2)16-29(15-17)23-22(28)25(24(30)20-8-10-21(27)11-9-20)32-26(23)31-13-12-19-6-4-3-5-7-19/h3-11,14-16H,12-13H2,1-2H3,(H-,28,30)/p+1. The molecule has 4 aromatic rings. The number of rotatable bonds is 7. The van der Waals surface area contributed by atoms with E-state index in [-0.39, 0.29) is 5.78 Å². The lowest BCUT2D eigenvalue weighted by atomic mass is 10.1. The molecule has 32 heavy (non-hydrogen) atoms. The molecular formula is C26H24ClN2OS2+. The SMILES string of the molecule is Cc1cc(C)c[n+](-c2c(SCCc3ccccc3)sc(C(=O)c3ccc(Cl)cc3)c2N)c1. The molecule has 2 heterocycles. The number of aromatic nitrogens is 1. The van der Waals surface area contributed by atoms with E-state index in [2.05, 4.69) is 61.1 Å². The maximum atomic E-state index is 13.3. The van der Waals surface area contributed by atoms with Crippen molar-refractivity contribution in [3.63, 3.8) is 0 Å². The van der Waals surface area contributed by atoms with Gasteiger partial charge in [-0.2, -0.15) is 4.57 Å². The van der Waals surface area contributed by atoms with Gasteiger partial charge in [0.2, 0.25) is 5.78 Å². The molecule has 0 bridgehead atoms. The normalized spacial score (nSPS) is 11.0. The Bertz CT molecular complexity index is 1230. The summed E-state index contributed by atoms with van der Waals surface area (Å²) < 4.78 is 3.10. The van der Waals surface area contributed by atoms with Crippen LogP contribution in [0.2, 0.25) is 5.02 Å². The summed E-state index contributed by atoms with van der Waals surface area (Å²) in [6.45, 7) is 4.13. The fourth-order valence-electron chi connectivity index (χ4n) is 3.60. The zero-order chi connectivity index (χ0) is 22.7. The lowest BCUT2D eigenvalue weighted by Crippen LogP contribution is -2.32. The predicted molar refractivity (Wildman–Crippen MR) is 135 cm³/mol. The van der Waals surface area contributed by atoms with Gasteiger partial charge in [-0.25, -0.2) is 0 Å². The predicted octanol–water partition coefficient (Wildman–Crippen LogP) is 6.44. The number of thioether (sulfide) groups is 1. The quantitative estimate of drug-likeness (QED) is 0.188. The van der Waals surface area contributed by atoms with Crippen molar-refractivity contribution in [3.8, 4) is 5.69 Å². The van der Waals surface area contributed by atoms with Gasteiger partial charge in [-0.3, -0.25) is 4.79 Å². The van der Waals surface area contributed by atoms with E-state index in [0.29, 0.717) is 21.2 Å². The van der Waals surface area contributed by atoms with Crippen LogP contribution in [0.3, 0.4) is 0 Å². The molecule has 0 amide bonds. The minimum atomic E-state index is -0.0784. The molecule has 0 saturated carbocycles. The molecule has 2 aromatic carbocycles. The summed E-state index contributed by atoms with van der Waals surface area (Å²) in [5, 5.41) is 0.601. The number of nitrogens with two attached hydrogens (primary N) is 1. The van der Waals surface area contributed by atoms with E-state index in [1.54, 1.807) is 36.0 Å². The number of aryl methyl sites for hydroxylation is 3. The topological polar surface area (TPSA) is 47.0 Å². The van der Waals surface area contributed by atoms with Gasteiger partial charge in [-0.15, -0.1) is 23.1 Å². The van der Waals surface area contributed by atoms with Crippen LogP contribution in [0.5, 0.6) is 0 Å². The number of nitrogens with zero attached hydrogens (tertiary/aromatic N) is 1. The first kappa shape index (κ1) is 22.6. The molecule has 3 nitrogen and oxygen atoms in total. The number of benzene rings is 2. The van der Waals surface area contributed by atoms with Crippen molar-refractivity contribution < 1.29 is 9.36 Å². The van der Waals surface area contributed by atoms with Gasteiger partial charge in [0.25, 0.3) is 5.69 Å². The molecule has 6 heteroatoms. The maximum absolute atomic E-state index is 13.3. The second kappa shape index (κ2) is 9.90. The molecule has 162 valence electrons. The van der Waals surface area contributed by atoms with Crippen molar-refractivity contribution in [3.05, 3.63) is 105 Å². The highest BCUT2D eigenvalue weighted by molar-refractivity contribution is 8.01. The van der Waals surface area contributed by atoms with Crippen LogP contribution in [-0.4, -0.2) is 11.5 Å². The van der Waals surface area contributed by atoms with Crippen LogP contribution in [0.1, 0.15) is 31.9 Å². The lowest BCUT2D eigenvalue weighted by molar-refractivity contribution is -0.597. The Morgan fingerprint density at radius 2 is 1.69 bits per heavy atom. The van der Waals surface area contributed by atoms with Gasteiger partial charge in [0.15, 0.2) is 12.4 Å². The van der Waals surface area contributed by atoms with Crippen LogP contribution in [0.15, 0.2) is 77.3 Å². The minimum Gasteiger partial charge on any atom is -0.392 e. The third kappa shape index (κ3) is 5.07. The first-order valence-electron chi connectivity index (χ1n) is 10.3. The smallest absolute Gasteiger partial charge is 0.259 e. The maximum Gasteiger partial charge on any atom is 0.259 e. The van der Waals surface area contributed by atoms with Gasteiger partial charge < -0.3 is 5.73 Å². The number of hydrogen-bond donors (Lipinski definition) is 1.